The number of nitro benzene ring substituents is 1. The van der Waals surface area contributed by atoms with Gasteiger partial charge in [0.2, 0.25) is 0 Å². The molecule has 0 radical (unpaired) electrons. The van der Waals surface area contributed by atoms with Gasteiger partial charge in [-0.05, 0) is 18.9 Å². The fourth-order valence-corrected chi connectivity index (χ4v) is 1.65. The van der Waals surface area contributed by atoms with Gasteiger partial charge in [0.1, 0.15) is 0 Å². The van der Waals surface area contributed by atoms with Crippen molar-refractivity contribution in [2.24, 2.45) is 5.92 Å². The van der Waals surface area contributed by atoms with Crippen LogP contribution in [0.3, 0.4) is 0 Å². The lowest BCUT2D eigenvalue weighted by molar-refractivity contribution is -0.385. The molecule has 20 heavy (non-hydrogen) atoms. The van der Waals surface area contributed by atoms with Crippen LogP contribution in [-0.2, 0) is 0 Å². The molecule has 1 rings (SSSR count). The molecule has 0 aliphatic carbocycles. The van der Waals surface area contributed by atoms with Gasteiger partial charge in [-0.3, -0.25) is 10.1 Å². The highest BCUT2D eigenvalue weighted by Gasteiger charge is 2.19. The molecule has 0 aromatic heterocycles. The number of benzene rings is 1. The summed E-state index contributed by atoms with van der Waals surface area (Å²) in [6, 6.07) is 2.36. The molecule has 1 atom stereocenters. The average molecular weight is 282 g/mol. The summed E-state index contributed by atoms with van der Waals surface area (Å²) in [6.45, 7) is 5.41. The first kappa shape index (κ1) is 15.9. The van der Waals surface area contributed by atoms with Gasteiger partial charge in [-0.1, -0.05) is 13.8 Å². The van der Waals surface area contributed by atoms with Crippen molar-refractivity contribution >= 4 is 17.3 Å². The molecule has 1 aromatic rings. The number of carboxylic acids is 1. The number of aliphatic hydroxyl groups is 1. The largest absolute Gasteiger partial charge is 0.478 e. The molecular weight excluding hydrogens is 264 g/mol. The highest BCUT2D eigenvalue weighted by molar-refractivity contribution is 5.90. The van der Waals surface area contributed by atoms with Gasteiger partial charge >= 0.3 is 5.97 Å². The van der Waals surface area contributed by atoms with Crippen LogP contribution in [0.5, 0.6) is 0 Å². The Labute approximate surface area is 116 Å². The minimum atomic E-state index is -1.24. The summed E-state index contributed by atoms with van der Waals surface area (Å²) in [6.07, 6.45) is -0.623. The normalized spacial score (nSPS) is 12.2. The zero-order valence-electron chi connectivity index (χ0n) is 11.6. The van der Waals surface area contributed by atoms with Gasteiger partial charge in [0.05, 0.1) is 16.6 Å². The molecule has 1 unspecified atom stereocenters. The van der Waals surface area contributed by atoms with Gasteiger partial charge in [-0.25, -0.2) is 4.79 Å². The fourth-order valence-electron chi connectivity index (χ4n) is 1.65. The van der Waals surface area contributed by atoms with Gasteiger partial charge in [0, 0.05) is 23.9 Å². The smallest absolute Gasteiger partial charge is 0.336 e. The Bertz CT molecular complexity index is 528. The fraction of sp³-hybridized carbons (Fsp3) is 0.462. The van der Waals surface area contributed by atoms with Gasteiger partial charge in [-0.15, -0.1) is 0 Å². The molecule has 110 valence electrons. The van der Waals surface area contributed by atoms with Crippen molar-refractivity contribution in [2.75, 3.05) is 11.9 Å². The zero-order valence-corrected chi connectivity index (χ0v) is 11.6. The molecule has 0 amide bonds. The van der Waals surface area contributed by atoms with Crippen molar-refractivity contribution in [3.63, 3.8) is 0 Å². The highest BCUT2D eigenvalue weighted by Crippen LogP contribution is 2.28. The molecule has 0 saturated carbocycles. The number of nitrogens with zero attached hydrogens (tertiary/aromatic N) is 1. The summed E-state index contributed by atoms with van der Waals surface area (Å²) in [5.41, 5.74) is 0.266. The molecule has 0 bridgehead atoms. The number of carbonyl (C=O) groups is 1. The topological polar surface area (TPSA) is 113 Å². The van der Waals surface area contributed by atoms with Crippen LogP contribution in [0.15, 0.2) is 12.1 Å². The van der Waals surface area contributed by atoms with Crippen LogP contribution in [0.2, 0.25) is 0 Å². The van der Waals surface area contributed by atoms with E-state index in [1.54, 1.807) is 0 Å². The van der Waals surface area contributed by atoms with Crippen molar-refractivity contribution in [3.8, 4) is 0 Å². The Morgan fingerprint density at radius 2 is 2.05 bits per heavy atom. The van der Waals surface area contributed by atoms with E-state index in [0.717, 1.165) is 6.07 Å². The second-order valence-corrected chi connectivity index (χ2v) is 4.92. The molecule has 3 N–H and O–H groups in total. The quantitative estimate of drug-likeness (QED) is 0.543. The van der Waals surface area contributed by atoms with Crippen LogP contribution in [-0.4, -0.2) is 33.8 Å². The number of hydrogen-bond acceptors (Lipinski definition) is 5. The Hall–Kier alpha value is -2.15. The number of carboxylic acid groups (broad SMARTS) is 1. The number of anilines is 1. The van der Waals surface area contributed by atoms with Crippen LogP contribution in [0.25, 0.3) is 0 Å². The third-order valence-electron chi connectivity index (χ3n) is 3.10. The third-order valence-corrected chi connectivity index (χ3v) is 3.10. The molecule has 0 heterocycles. The van der Waals surface area contributed by atoms with Crippen LogP contribution >= 0.6 is 0 Å². The van der Waals surface area contributed by atoms with E-state index in [4.69, 9.17) is 5.11 Å². The summed E-state index contributed by atoms with van der Waals surface area (Å²) < 4.78 is 0. The van der Waals surface area contributed by atoms with E-state index in [1.165, 1.54) is 13.0 Å². The van der Waals surface area contributed by atoms with Gasteiger partial charge < -0.3 is 15.5 Å². The van der Waals surface area contributed by atoms with E-state index in [-0.39, 0.29) is 23.7 Å². The van der Waals surface area contributed by atoms with Crippen LogP contribution in [0, 0.1) is 23.0 Å². The first-order valence-electron chi connectivity index (χ1n) is 6.18. The maximum absolute atomic E-state index is 11.0. The summed E-state index contributed by atoms with van der Waals surface area (Å²) in [7, 11) is 0. The first-order valence-corrected chi connectivity index (χ1v) is 6.18. The molecule has 0 saturated heterocycles. The Balaban J connectivity index is 3.11. The standard InChI is InChI=1S/C13H18N2O5/c1-7(2)12(16)6-14-10-4-9(13(17)18)5-11(8(10)3)15(19)20/h4-5,7,12,14,16H,6H2,1-3H3,(H,17,18). The molecular formula is C13H18N2O5. The highest BCUT2D eigenvalue weighted by atomic mass is 16.6. The Morgan fingerprint density at radius 1 is 1.45 bits per heavy atom. The number of nitrogens with one attached hydrogen (secondary N) is 1. The molecule has 0 aliphatic rings. The minimum Gasteiger partial charge on any atom is -0.478 e. The van der Waals surface area contributed by atoms with Crippen molar-refractivity contribution in [1.29, 1.82) is 0 Å². The Kier molecular flexibility index (Phi) is 5.04. The molecule has 7 nitrogen and oxygen atoms in total. The van der Waals surface area contributed by atoms with E-state index in [9.17, 15) is 20.0 Å². The monoisotopic (exact) mass is 282 g/mol. The lowest BCUT2D eigenvalue weighted by Crippen LogP contribution is -2.25. The number of aromatic carboxylic acids is 1. The van der Waals surface area contributed by atoms with Crippen molar-refractivity contribution < 1.29 is 19.9 Å². The second kappa shape index (κ2) is 6.33. The molecule has 0 spiro atoms. The van der Waals surface area contributed by atoms with Crippen LogP contribution in [0.1, 0.15) is 29.8 Å². The molecule has 1 aromatic carbocycles. The van der Waals surface area contributed by atoms with E-state index in [0.29, 0.717) is 11.3 Å². The second-order valence-electron chi connectivity index (χ2n) is 4.92. The third kappa shape index (κ3) is 3.67. The molecule has 7 heteroatoms. The number of hydrogen-bond donors (Lipinski definition) is 3. The van der Waals surface area contributed by atoms with Crippen LogP contribution in [0.4, 0.5) is 11.4 Å². The van der Waals surface area contributed by atoms with E-state index in [2.05, 4.69) is 5.32 Å². The zero-order chi connectivity index (χ0) is 15.4. The number of nitro groups is 1. The van der Waals surface area contributed by atoms with Gasteiger partial charge in [-0.2, -0.15) is 0 Å². The van der Waals surface area contributed by atoms with Crippen molar-refractivity contribution in [3.05, 3.63) is 33.4 Å². The lowest BCUT2D eigenvalue weighted by atomic mass is 10.1. The predicted molar refractivity (Wildman–Crippen MR) is 74.1 cm³/mol. The van der Waals surface area contributed by atoms with E-state index in [1.807, 2.05) is 13.8 Å². The summed E-state index contributed by atoms with van der Waals surface area (Å²) in [4.78, 5) is 21.3. The SMILES string of the molecule is Cc1c(NCC(O)C(C)C)cc(C(=O)O)cc1[N+](=O)[O-]. The summed E-state index contributed by atoms with van der Waals surface area (Å²) in [5, 5.41) is 32.5. The minimum absolute atomic E-state index is 0.0282. The van der Waals surface area contributed by atoms with Gasteiger partial charge in [0.25, 0.3) is 5.69 Å². The number of rotatable bonds is 6. The summed E-state index contributed by atoms with van der Waals surface area (Å²) >= 11 is 0. The molecule has 0 fully saturated rings. The molecule has 0 aliphatic heterocycles. The lowest BCUT2D eigenvalue weighted by Gasteiger charge is -2.17. The maximum Gasteiger partial charge on any atom is 0.336 e. The average Bonchev–Trinajstić information content (AvgIpc) is 2.36. The number of aliphatic hydroxyl groups excluding tert-OH is 1. The first-order chi connectivity index (χ1) is 9.23. The van der Waals surface area contributed by atoms with Crippen molar-refractivity contribution in [2.45, 2.75) is 26.9 Å². The maximum atomic E-state index is 11.0. The van der Waals surface area contributed by atoms with E-state index < -0.39 is 17.0 Å². The summed E-state index contributed by atoms with van der Waals surface area (Å²) in [5.74, 6) is -1.21. The van der Waals surface area contributed by atoms with Gasteiger partial charge in [0.15, 0.2) is 0 Å². The Morgan fingerprint density at radius 3 is 2.50 bits per heavy atom. The van der Waals surface area contributed by atoms with Crippen molar-refractivity contribution in [1.82, 2.24) is 0 Å². The predicted octanol–water partition coefficient (Wildman–Crippen LogP) is 2.03. The van der Waals surface area contributed by atoms with E-state index >= 15 is 0 Å². The van der Waals surface area contributed by atoms with Crippen LogP contribution < -0.4 is 5.32 Å².